The van der Waals surface area contributed by atoms with Crippen LogP contribution in [0.25, 0.3) is 0 Å². The van der Waals surface area contributed by atoms with Crippen molar-refractivity contribution >= 4 is 35.6 Å². The maximum absolute atomic E-state index is 12.6. The fourth-order valence-corrected chi connectivity index (χ4v) is 3.59. The van der Waals surface area contributed by atoms with E-state index in [-0.39, 0.29) is 40.7 Å². The number of carboxylic acids is 1. The van der Waals surface area contributed by atoms with Crippen molar-refractivity contribution in [3.8, 4) is 5.75 Å². The molecule has 1 fully saturated rings. The number of para-hydroxylation sites is 3. The first-order valence-electron chi connectivity index (χ1n) is 9.63. The largest absolute Gasteiger partial charge is 0.478 e. The minimum atomic E-state index is -1.11. The van der Waals surface area contributed by atoms with E-state index in [1.165, 1.54) is 6.07 Å². The zero-order valence-electron chi connectivity index (χ0n) is 16.2. The van der Waals surface area contributed by atoms with Crippen LogP contribution < -0.4 is 15.4 Å². The summed E-state index contributed by atoms with van der Waals surface area (Å²) < 4.78 is 4.87. The van der Waals surface area contributed by atoms with Gasteiger partial charge in [0.25, 0.3) is 6.47 Å². The van der Waals surface area contributed by atoms with Gasteiger partial charge in [-0.05, 0) is 49.9 Å². The van der Waals surface area contributed by atoms with Crippen molar-refractivity contribution < 1.29 is 29.0 Å². The van der Waals surface area contributed by atoms with Crippen molar-refractivity contribution in [2.45, 2.75) is 25.7 Å². The maximum Gasteiger partial charge on any atom is 0.337 e. The van der Waals surface area contributed by atoms with Crippen LogP contribution in [0.1, 0.15) is 36.0 Å². The predicted molar refractivity (Wildman–Crippen MR) is 109 cm³/mol. The first kappa shape index (κ1) is 21.0. The first-order valence-corrected chi connectivity index (χ1v) is 9.63. The zero-order valence-corrected chi connectivity index (χ0v) is 16.2. The molecular formula is C22H22N2O6. The molecule has 8 nitrogen and oxygen atoms in total. The summed E-state index contributed by atoms with van der Waals surface area (Å²) in [5.74, 6) is -1.82. The van der Waals surface area contributed by atoms with Gasteiger partial charge in [0.1, 0.15) is 0 Å². The summed E-state index contributed by atoms with van der Waals surface area (Å²) in [5, 5.41) is 14.7. The molecule has 0 atom stereocenters. The Morgan fingerprint density at radius 1 is 0.833 bits per heavy atom. The van der Waals surface area contributed by atoms with Gasteiger partial charge in [0.15, 0.2) is 5.75 Å². The lowest BCUT2D eigenvalue weighted by Gasteiger charge is -2.27. The van der Waals surface area contributed by atoms with E-state index >= 15 is 0 Å². The summed E-state index contributed by atoms with van der Waals surface area (Å²) >= 11 is 0. The predicted octanol–water partition coefficient (Wildman–Crippen LogP) is 3.30. The lowest BCUT2D eigenvalue weighted by atomic mass is 9.81. The Hall–Kier alpha value is -3.68. The molecule has 3 rings (SSSR count). The summed E-state index contributed by atoms with van der Waals surface area (Å²) in [6.07, 6.45) is 2.10. The van der Waals surface area contributed by atoms with Crippen molar-refractivity contribution in [1.29, 1.82) is 0 Å². The van der Waals surface area contributed by atoms with E-state index in [9.17, 15) is 24.3 Å². The van der Waals surface area contributed by atoms with E-state index in [0.29, 0.717) is 37.8 Å². The number of carbonyl (C=O) groups is 4. The van der Waals surface area contributed by atoms with E-state index in [2.05, 4.69) is 10.6 Å². The lowest BCUT2D eigenvalue weighted by molar-refractivity contribution is -0.125. The summed E-state index contributed by atoms with van der Waals surface area (Å²) in [4.78, 5) is 47.0. The number of rotatable bonds is 7. The highest BCUT2D eigenvalue weighted by molar-refractivity contribution is 6.01. The summed E-state index contributed by atoms with van der Waals surface area (Å²) in [6.45, 7) is 0.303. The number of nitrogens with one attached hydrogen (secondary N) is 2. The van der Waals surface area contributed by atoms with Gasteiger partial charge in [-0.3, -0.25) is 14.4 Å². The fraction of sp³-hybridized carbons (Fsp3) is 0.273. The molecule has 30 heavy (non-hydrogen) atoms. The first-order chi connectivity index (χ1) is 14.5. The van der Waals surface area contributed by atoms with E-state index in [0.717, 1.165) is 0 Å². The lowest BCUT2D eigenvalue weighted by Crippen LogP contribution is -2.32. The molecule has 0 aromatic heterocycles. The van der Waals surface area contributed by atoms with E-state index in [4.69, 9.17) is 4.74 Å². The van der Waals surface area contributed by atoms with Crippen molar-refractivity contribution in [3.05, 3.63) is 54.1 Å². The van der Waals surface area contributed by atoms with Crippen LogP contribution >= 0.6 is 0 Å². The highest BCUT2D eigenvalue weighted by atomic mass is 16.5. The number of carbonyl (C=O) groups excluding carboxylic acids is 3. The van der Waals surface area contributed by atoms with Crippen LogP contribution in [0.2, 0.25) is 0 Å². The van der Waals surface area contributed by atoms with Crippen molar-refractivity contribution in [3.63, 3.8) is 0 Å². The molecule has 0 radical (unpaired) electrons. The van der Waals surface area contributed by atoms with Gasteiger partial charge in [-0.15, -0.1) is 0 Å². The van der Waals surface area contributed by atoms with Crippen molar-refractivity contribution in [2.75, 3.05) is 10.6 Å². The number of benzene rings is 2. The molecule has 0 unspecified atom stereocenters. The van der Waals surface area contributed by atoms with Crippen molar-refractivity contribution in [1.82, 2.24) is 0 Å². The molecule has 2 amide bonds. The highest BCUT2D eigenvalue weighted by Gasteiger charge is 2.30. The van der Waals surface area contributed by atoms with Gasteiger partial charge in [-0.2, -0.15) is 0 Å². The third-order valence-corrected chi connectivity index (χ3v) is 5.20. The van der Waals surface area contributed by atoms with Crippen LogP contribution in [0.3, 0.4) is 0 Å². The SMILES string of the molecule is O=COc1ccccc1NC(=O)C1CCC(C(=O)Nc2ccccc2C(=O)O)CC1. The van der Waals surface area contributed by atoms with Gasteiger partial charge >= 0.3 is 5.97 Å². The Labute approximate surface area is 173 Å². The number of anilines is 2. The normalized spacial score (nSPS) is 18.1. The zero-order chi connectivity index (χ0) is 21.5. The molecule has 1 aliphatic rings. The maximum atomic E-state index is 12.6. The van der Waals surface area contributed by atoms with E-state index in [1.807, 2.05) is 0 Å². The summed E-state index contributed by atoms with van der Waals surface area (Å²) in [6, 6.07) is 12.9. The van der Waals surface area contributed by atoms with Gasteiger partial charge in [0.2, 0.25) is 11.8 Å². The second kappa shape index (κ2) is 9.69. The van der Waals surface area contributed by atoms with Gasteiger partial charge in [0, 0.05) is 11.8 Å². The number of hydrogen-bond acceptors (Lipinski definition) is 5. The second-order valence-corrected chi connectivity index (χ2v) is 7.09. The van der Waals surface area contributed by atoms with Crippen LogP contribution in [-0.2, 0) is 14.4 Å². The molecule has 1 saturated carbocycles. The number of hydrogen-bond donors (Lipinski definition) is 3. The number of ether oxygens (including phenoxy) is 1. The Balaban J connectivity index is 1.56. The average molecular weight is 410 g/mol. The van der Waals surface area contributed by atoms with E-state index < -0.39 is 5.97 Å². The average Bonchev–Trinajstić information content (AvgIpc) is 2.75. The monoisotopic (exact) mass is 410 g/mol. The second-order valence-electron chi connectivity index (χ2n) is 7.09. The van der Waals surface area contributed by atoms with Gasteiger partial charge in [-0.25, -0.2) is 4.79 Å². The Kier molecular flexibility index (Phi) is 6.79. The minimum Gasteiger partial charge on any atom is -0.478 e. The number of amides is 2. The van der Waals surface area contributed by atoms with Gasteiger partial charge in [-0.1, -0.05) is 24.3 Å². The minimum absolute atomic E-state index is 0.0372. The van der Waals surface area contributed by atoms with Crippen LogP contribution in [-0.4, -0.2) is 29.4 Å². The molecule has 156 valence electrons. The van der Waals surface area contributed by atoms with Crippen LogP contribution in [0.4, 0.5) is 11.4 Å². The molecule has 1 aliphatic carbocycles. The fourth-order valence-electron chi connectivity index (χ4n) is 3.59. The number of carboxylic acid groups (broad SMARTS) is 1. The quantitative estimate of drug-likeness (QED) is 0.602. The standard InChI is InChI=1S/C22H22N2O6/c25-13-30-19-8-4-3-7-18(19)24-21(27)15-11-9-14(10-12-15)20(26)23-17-6-2-1-5-16(17)22(28)29/h1-8,13-15H,9-12H2,(H,23,26)(H,24,27)(H,28,29). The third-order valence-electron chi connectivity index (χ3n) is 5.20. The molecule has 0 spiro atoms. The smallest absolute Gasteiger partial charge is 0.337 e. The molecular weight excluding hydrogens is 388 g/mol. The topological polar surface area (TPSA) is 122 Å². The van der Waals surface area contributed by atoms with Crippen LogP contribution in [0, 0.1) is 11.8 Å². The molecule has 0 saturated heterocycles. The van der Waals surface area contributed by atoms with Crippen LogP contribution in [0.15, 0.2) is 48.5 Å². The van der Waals surface area contributed by atoms with Gasteiger partial charge < -0.3 is 20.5 Å². The van der Waals surface area contributed by atoms with Gasteiger partial charge in [0.05, 0.1) is 16.9 Å². The Bertz CT molecular complexity index is 950. The molecule has 8 heteroatoms. The molecule has 2 aromatic carbocycles. The highest BCUT2D eigenvalue weighted by Crippen LogP contribution is 2.32. The Morgan fingerprint density at radius 2 is 1.33 bits per heavy atom. The Morgan fingerprint density at radius 3 is 1.90 bits per heavy atom. The summed E-state index contributed by atoms with van der Waals surface area (Å²) in [5.41, 5.74) is 0.719. The molecule has 2 aromatic rings. The van der Waals surface area contributed by atoms with Crippen LogP contribution in [0.5, 0.6) is 5.75 Å². The molecule has 0 heterocycles. The summed E-state index contributed by atoms with van der Waals surface area (Å²) in [7, 11) is 0. The van der Waals surface area contributed by atoms with Crippen molar-refractivity contribution in [2.24, 2.45) is 11.8 Å². The third kappa shape index (κ3) is 5.02. The molecule has 0 bridgehead atoms. The molecule has 3 N–H and O–H groups in total. The number of aromatic carboxylic acids is 1. The van der Waals surface area contributed by atoms with E-state index in [1.54, 1.807) is 42.5 Å². The molecule has 0 aliphatic heterocycles.